The first-order valence-electron chi connectivity index (χ1n) is 6.00. The molecule has 0 unspecified atom stereocenters. The van der Waals surface area contributed by atoms with Crippen molar-refractivity contribution >= 4 is 16.9 Å². The molecule has 0 saturated heterocycles. The second-order valence-electron chi connectivity index (χ2n) is 4.02. The molecule has 3 rings (SSSR count). The fourth-order valence-corrected chi connectivity index (χ4v) is 1.61. The van der Waals surface area contributed by atoms with E-state index in [9.17, 15) is 9.59 Å². The summed E-state index contributed by atoms with van der Waals surface area (Å²) in [5.41, 5.74) is 5.86. The summed E-state index contributed by atoms with van der Waals surface area (Å²) in [6.45, 7) is 0. The van der Waals surface area contributed by atoms with Crippen molar-refractivity contribution in [3.8, 4) is 0 Å². The molecule has 0 spiro atoms. The molecule has 0 atom stereocenters. The summed E-state index contributed by atoms with van der Waals surface area (Å²) in [4.78, 5) is 21.1. The van der Waals surface area contributed by atoms with Gasteiger partial charge in [0.05, 0.1) is 0 Å². The van der Waals surface area contributed by atoms with Gasteiger partial charge in [-0.2, -0.15) is 0 Å². The Kier molecular flexibility index (Phi) is 4.29. The first-order valence-corrected chi connectivity index (χ1v) is 6.00. The Hall–Kier alpha value is -2.88. The Balaban J connectivity index is 0.000000151. The SMILES string of the molecule is NC(=O)c1ccccc1.O=c1ccc2ccccc2o1. The van der Waals surface area contributed by atoms with Crippen LogP contribution in [-0.2, 0) is 0 Å². The summed E-state index contributed by atoms with van der Waals surface area (Å²) >= 11 is 0. The van der Waals surface area contributed by atoms with Crippen molar-refractivity contribution in [3.05, 3.63) is 82.7 Å². The lowest BCUT2D eigenvalue weighted by Gasteiger charge is -1.91. The van der Waals surface area contributed by atoms with Gasteiger partial charge in [0.1, 0.15) is 5.58 Å². The van der Waals surface area contributed by atoms with Gasteiger partial charge >= 0.3 is 5.63 Å². The number of nitrogens with two attached hydrogens (primary N) is 1. The maximum atomic E-state index is 10.7. The topological polar surface area (TPSA) is 73.3 Å². The van der Waals surface area contributed by atoms with Crippen molar-refractivity contribution in [2.75, 3.05) is 0 Å². The molecule has 3 aromatic rings. The van der Waals surface area contributed by atoms with Gasteiger partial charge in [0.25, 0.3) is 0 Å². The first kappa shape index (κ1) is 13.5. The van der Waals surface area contributed by atoms with Gasteiger partial charge < -0.3 is 10.2 Å². The second-order valence-corrected chi connectivity index (χ2v) is 4.02. The Morgan fingerprint density at radius 2 is 1.50 bits per heavy atom. The number of para-hydroxylation sites is 1. The van der Waals surface area contributed by atoms with E-state index in [1.165, 1.54) is 6.07 Å². The van der Waals surface area contributed by atoms with Crippen LogP contribution >= 0.6 is 0 Å². The number of rotatable bonds is 1. The van der Waals surface area contributed by atoms with Crippen LogP contribution < -0.4 is 11.4 Å². The molecule has 4 nitrogen and oxygen atoms in total. The van der Waals surface area contributed by atoms with Crippen LogP contribution in [0.15, 0.2) is 75.9 Å². The minimum absolute atomic E-state index is 0.302. The fraction of sp³-hybridized carbons (Fsp3) is 0. The van der Waals surface area contributed by atoms with Gasteiger partial charge in [-0.25, -0.2) is 4.79 Å². The number of primary amides is 1. The predicted octanol–water partition coefficient (Wildman–Crippen LogP) is 2.58. The van der Waals surface area contributed by atoms with Crippen LogP contribution in [0, 0.1) is 0 Å². The van der Waals surface area contributed by atoms with Crippen molar-refractivity contribution in [2.45, 2.75) is 0 Å². The average molecular weight is 267 g/mol. The van der Waals surface area contributed by atoms with E-state index in [4.69, 9.17) is 10.2 Å². The molecule has 0 saturated carbocycles. The minimum Gasteiger partial charge on any atom is -0.423 e. The second kappa shape index (κ2) is 6.33. The molecule has 0 bridgehead atoms. The smallest absolute Gasteiger partial charge is 0.336 e. The standard InChI is InChI=1S/C9H6O2.C7H7NO/c10-9-6-5-7-3-1-2-4-8(7)11-9;8-7(9)6-4-2-1-3-5-6/h1-6H;1-5H,(H2,8,9). The lowest BCUT2D eigenvalue weighted by Crippen LogP contribution is -2.09. The Morgan fingerprint density at radius 3 is 2.15 bits per heavy atom. The normalized spacial score (nSPS) is 9.60. The summed E-state index contributed by atoms with van der Waals surface area (Å²) < 4.78 is 4.91. The molecule has 2 aromatic carbocycles. The number of benzene rings is 2. The van der Waals surface area contributed by atoms with Crippen molar-refractivity contribution in [2.24, 2.45) is 5.73 Å². The fourth-order valence-electron chi connectivity index (χ4n) is 1.61. The predicted molar refractivity (Wildman–Crippen MR) is 77.4 cm³/mol. The van der Waals surface area contributed by atoms with Gasteiger partial charge in [-0.3, -0.25) is 4.79 Å². The van der Waals surface area contributed by atoms with Crippen LogP contribution in [0.3, 0.4) is 0 Å². The van der Waals surface area contributed by atoms with Gasteiger partial charge in [-0.15, -0.1) is 0 Å². The molecule has 20 heavy (non-hydrogen) atoms. The van der Waals surface area contributed by atoms with Crippen LogP contribution in [0.1, 0.15) is 10.4 Å². The molecular weight excluding hydrogens is 254 g/mol. The number of hydrogen-bond donors (Lipinski definition) is 1. The Bertz CT molecular complexity index is 763. The summed E-state index contributed by atoms with van der Waals surface area (Å²) in [6.07, 6.45) is 0. The van der Waals surface area contributed by atoms with Crippen LogP contribution in [0.4, 0.5) is 0 Å². The van der Waals surface area contributed by atoms with E-state index in [0.717, 1.165) is 5.39 Å². The lowest BCUT2D eigenvalue weighted by molar-refractivity contribution is 0.100. The van der Waals surface area contributed by atoms with Crippen molar-refractivity contribution < 1.29 is 9.21 Å². The van der Waals surface area contributed by atoms with Crippen LogP contribution in [-0.4, -0.2) is 5.91 Å². The number of amides is 1. The van der Waals surface area contributed by atoms with Gasteiger partial charge in [0.15, 0.2) is 0 Å². The first-order chi connectivity index (χ1) is 9.66. The van der Waals surface area contributed by atoms with Crippen molar-refractivity contribution in [3.63, 3.8) is 0 Å². The van der Waals surface area contributed by atoms with E-state index in [0.29, 0.717) is 11.1 Å². The van der Waals surface area contributed by atoms with Gasteiger partial charge in [0, 0.05) is 17.0 Å². The monoisotopic (exact) mass is 267 g/mol. The van der Waals surface area contributed by atoms with Crippen molar-refractivity contribution in [1.29, 1.82) is 0 Å². The molecule has 0 fully saturated rings. The van der Waals surface area contributed by atoms with E-state index in [2.05, 4.69) is 0 Å². The van der Waals surface area contributed by atoms with E-state index in [1.54, 1.807) is 36.4 Å². The van der Waals surface area contributed by atoms with Crippen LogP contribution in [0.25, 0.3) is 11.0 Å². The van der Waals surface area contributed by atoms with Gasteiger partial charge in [-0.05, 0) is 24.3 Å². The molecule has 1 aromatic heterocycles. The third kappa shape index (κ3) is 3.55. The molecule has 1 heterocycles. The van der Waals surface area contributed by atoms with E-state index in [-0.39, 0.29) is 11.5 Å². The Morgan fingerprint density at radius 1 is 0.850 bits per heavy atom. The van der Waals surface area contributed by atoms with E-state index in [1.807, 2.05) is 24.3 Å². The molecule has 2 N–H and O–H groups in total. The molecule has 0 aliphatic rings. The lowest BCUT2D eigenvalue weighted by atomic mass is 10.2. The number of carbonyl (C=O) groups excluding carboxylic acids is 1. The van der Waals surface area contributed by atoms with Crippen LogP contribution in [0.2, 0.25) is 0 Å². The van der Waals surface area contributed by atoms with E-state index < -0.39 is 0 Å². The van der Waals surface area contributed by atoms with Gasteiger partial charge in [-0.1, -0.05) is 36.4 Å². The van der Waals surface area contributed by atoms with E-state index >= 15 is 0 Å². The maximum absolute atomic E-state index is 10.7. The highest BCUT2D eigenvalue weighted by Crippen LogP contribution is 2.08. The molecule has 0 radical (unpaired) electrons. The molecule has 0 aliphatic carbocycles. The number of fused-ring (bicyclic) bond motifs is 1. The Labute approximate surface area is 115 Å². The molecule has 4 heteroatoms. The molecule has 100 valence electrons. The average Bonchev–Trinajstić information content (AvgIpc) is 2.48. The largest absolute Gasteiger partial charge is 0.423 e. The minimum atomic E-state index is -0.379. The highest BCUT2D eigenvalue weighted by molar-refractivity contribution is 5.92. The molecular formula is C16H13NO3. The maximum Gasteiger partial charge on any atom is 0.336 e. The third-order valence-electron chi connectivity index (χ3n) is 2.59. The molecule has 1 amide bonds. The zero-order valence-corrected chi connectivity index (χ0v) is 10.7. The number of hydrogen-bond acceptors (Lipinski definition) is 3. The number of carbonyl (C=O) groups is 1. The highest BCUT2D eigenvalue weighted by Gasteiger charge is 1.94. The summed E-state index contributed by atoms with van der Waals surface area (Å²) in [6, 6.07) is 19.4. The zero-order chi connectivity index (χ0) is 14.4. The summed E-state index contributed by atoms with van der Waals surface area (Å²) in [7, 11) is 0. The summed E-state index contributed by atoms with van der Waals surface area (Å²) in [5, 5.41) is 0.951. The summed E-state index contributed by atoms with van der Waals surface area (Å²) in [5.74, 6) is -0.379. The quantitative estimate of drug-likeness (QED) is 0.689. The highest BCUT2D eigenvalue weighted by atomic mass is 16.4. The zero-order valence-electron chi connectivity index (χ0n) is 10.7. The van der Waals surface area contributed by atoms with Crippen molar-refractivity contribution in [1.82, 2.24) is 0 Å². The van der Waals surface area contributed by atoms with Crippen LogP contribution in [0.5, 0.6) is 0 Å². The van der Waals surface area contributed by atoms with Gasteiger partial charge in [0.2, 0.25) is 5.91 Å². The third-order valence-corrected chi connectivity index (χ3v) is 2.59. The molecule has 0 aliphatic heterocycles.